The summed E-state index contributed by atoms with van der Waals surface area (Å²) in [6.45, 7) is 4.96. The number of esters is 3. The number of aliphatic hydroxyl groups excluding tert-OH is 1. The van der Waals surface area contributed by atoms with Crippen LogP contribution in [0.2, 0.25) is 0 Å². The Morgan fingerprint density at radius 1 is 1.33 bits per heavy atom. The third kappa shape index (κ3) is 2.96. The maximum absolute atomic E-state index is 12.2. The molecule has 1 N–H and O–H groups in total. The largest absolute Gasteiger partial charge is 0.458 e. The molecule has 0 radical (unpaired) electrons. The van der Waals surface area contributed by atoms with Crippen molar-refractivity contribution in [2.24, 2.45) is 11.8 Å². The average molecular weight is 336 g/mol. The first-order valence-corrected chi connectivity index (χ1v) is 8.01. The number of fused-ring (bicyclic) bond motifs is 3. The van der Waals surface area contributed by atoms with Crippen LogP contribution in [0.25, 0.3) is 0 Å². The minimum atomic E-state index is -0.711. The van der Waals surface area contributed by atoms with Crippen molar-refractivity contribution in [3.05, 3.63) is 23.8 Å². The Morgan fingerprint density at radius 2 is 2.08 bits per heavy atom. The molecule has 0 saturated carbocycles. The highest BCUT2D eigenvalue weighted by Crippen LogP contribution is 2.40. The van der Waals surface area contributed by atoms with E-state index >= 15 is 0 Å². The highest BCUT2D eigenvalue weighted by molar-refractivity contribution is 5.94. The molecule has 0 aromatic carbocycles. The van der Waals surface area contributed by atoms with Gasteiger partial charge in [0.2, 0.25) is 0 Å². The summed E-state index contributed by atoms with van der Waals surface area (Å²) in [4.78, 5) is 35.4. The molecule has 0 aromatic heterocycles. The van der Waals surface area contributed by atoms with Crippen LogP contribution in [0.15, 0.2) is 23.8 Å². The van der Waals surface area contributed by atoms with Gasteiger partial charge in [-0.15, -0.1) is 0 Å². The molecule has 2 aliphatic heterocycles. The molecular formula is C17H20O7. The van der Waals surface area contributed by atoms with Crippen LogP contribution in [0.5, 0.6) is 0 Å². The standard InChI is InChI=1S/C17H20O7/c1-8-15-13(23-16(8)20)5-10(7-18)3-4-12(22-9(2)19)11-6-14(15)24-17(11)21/h6,10,12-15,18H,1,3-5,7H2,2H3/t10-,12+,13+,14-,15-/m1/s1. The monoisotopic (exact) mass is 336 g/mol. The van der Waals surface area contributed by atoms with E-state index in [0.717, 1.165) is 0 Å². The number of carbonyl (C=O) groups excluding carboxylic acids is 3. The fraction of sp³-hybridized carbons (Fsp3) is 0.588. The Labute approximate surface area is 139 Å². The lowest BCUT2D eigenvalue weighted by Gasteiger charge is -2.26. The van der Waals surface area contributed by atoms with Gasteiger partial charge < -0.3 is 19.3 Å². The first kappa shape index (κ1) is 16.7. The van der Waals surface area contributed by atoms with Gasteiger partial charge in [0.25, 0.3) is 0 Å². The topological polar surface area (TPSA) is 99.1 Å². The van der Waals surface area contributed by atoms with Crippen LogP contribution in [0, 0.1) is 11.8 Å². The summed E-state index contributed by atoms with van der Waals surface area (Å²) in [7, 11) is 0. The Hall–Kier alpha value is -2.15. The van der Waals surface area contributed by atoms with Crippen molar-refractivity contribution in [3.8, 4) is 0 Å². The van der Waals surface area contributed by atoms with Crippen LogP contribution >= 0.6 is 0 Å². The van der Waals surface area contributed by atoms with Crippen molar-refractivity contribution in [2.45, 2.75) is 44.5 Å². The summed E-state index contributed by atoms with van der Waals surface area (Å²) < 4.78 is 16.0. The minimum absolute atomic E-state index is 0.0848. The van der Waals surface area contributed by atoms with Gasteiger partial charge in [-0.3, -0.25) is 4.79 Å². The van der Waals surface area contributed by atoms with Crippen LogP contribution in [-0.4, -0.2) is 47.9 Å². The number of ether oxygens (including phenoxy) is 3. The SMILES string of the molecule is C=C1C(=O)O[C@H]2C[C@H](CO)CC[C@H](OC(C)=O)C3=C[C@@H](OC3=O)[C@H]12. The third-order valence-corrected chi connectivity index (χ3v) is 4.82. The van der Waals surface area contributed by atoms with Gasteiger partial charge in [-0.2, -0.15) is 0 Å². The highest BCUT2D eigenvalue weighted by Gasteiger charge is 2.48. The van der Waals surface area contributed by atoms with Gasteiger partial charge in [-0.05, 0) is 31.3 Å². The molecule has 0 spiro atoms. The molecule has 3 rings (SSSR count). The zero-order valence-electron chi connectivity index (χ0n) is 13.4. The first-order chi connectivity index (χ1) is 11.4. The second-order valence-electron chi connectivity index (χ2n) is 6.45. The zero-order chi connectivity index (χ0) is 17.4. The van der Waals surface area contributed by atoms with Crippen molar-refractivity contribution in [1.82, 2.24) is 0 Å². The van der Waals surface area contributed by atoms with E-state index in [-0.39, 0.29) is 23.7 Å². The average Bonchev–Trinajstić information content (AvgIpc) is 3.01. The summed E-state index contributed by atoms with van der Waals surface area (Å²) in [5, 5.41) is 9.61. The molecule has 2 bridgehead atoms. The molecule has 0 amide bonds. The van der Waals surface area contributed by atoms with E-state index in [2.05, 4.69) is 6.58 Å². The highest BCUT2D eigenvalue weighted by atomic mass is 16.6. The summed E-state index contributed by atoms with van der Waals surface area (Å²) in [5.74, 6) is -2.17. The van der Waals surface area contributed by atoms with Gasteiger partial charge in [-0.1, -0.05) is 6.58 Å². The van der Waals surface area contributed by atoms with Gasteiger partial charge in [0.15, 0.2) is 0 Å². The van der Waals surface area contributed by atoms with Crippen molar-refractivity contribution >= 4 is 17.9 Å². The predicted octanol–water partition coefficient (Wildman–Crippen LogP) is 0.660. The van der Waals surface area contributed by atoms with E-state index in [1.165, 1.54) is 6.92 Å². The smallest absolute Gasteiger partial charge is 0.338 e. The van der Waals surface area contributed by atoms with E-state index in [1.54, 1.807) is 6.08 Å². The fourth-order valence-corrected chi connectivity index (χ4v) is 3.62. The van der Waals surface area contributed by atoms with E-state index in [4.69, 9.17) is 14.2 Å². The van der Waals surface area contributed by atoms with Crippen LogP contribution in [0.4, 0.5) is 0 Å². The maximum atomic E-state index is 12.2. The number of carbonyl (C=O) groups is 3. The van der Waals surface area contributed by atoms with Crippen molar-refractivity contribution in [3.63, 3.8) is 0 Å². The summed E-state index contributed by atoms with van der Waals surface area (Å²) in [5.41, 5.74) is 0.538. The van der Waals surface area contributed by atoms with Crippen LogP contribution < -0.4 is 0 Å². The Kier molecular flexibility index (Phi) is 4.45. The van der Waals surface area contributed by atoms with Crippen molar-refractivity contribution < 1.29 is 33.7 Å². The molecule has 0 aromatic rings. The molecule has 1 fully saturated rings. The van der Waals surface area contributed by atoms with E-state index in [9.17, 15) is 19.5 Å². The summed E-state index contributed by atoms with van der Waals surface area (Å²) in [6.07, 6.45) is 1.10. The molecule has 7 heteroatoms. The van der Waals surface area contributed by atoms with Crippen LogP contribution in [0.3, 0.4) is 0 Å². The minimum Gasteiger partial charge on any atom is -0.458 e. The van der Waals surface area contributed by atoms with E-state index in [1.807, 2.05) is 0 Å². The molecule has 130 valence electrons. The number of hydrogen-bond donors (Lipinski definition) is 1. The molecule has 7 nitrogen and oxygen atoms in total. The quantitative estimate of drug-likeness (QED) is 0.449. The normalized spacial score (nSPS) is 35.7. The second kappa shape index (κ2) is 6.39. The van der Waals surface area contributed by atoms with E-state index < -0.39 is 42.1 Å². The third-order valence-electron chi connectivity index (χ3n) is 4.82. The molecule has 24 heavy (non-hydrogen) atoms. The van der Waals surface area contributed by atoms with Gasteiger partial charge in [-0.25, -0.2) is 9.59 Å². The Balaban J connectivity index is 1.96. The Bertz CT molecular complexity index is 620. The first-order valence-electron chi connectivity index (χ1n) is 8.01. The van der Waals surface area contributed by atoms with Crippen LogP contribution in [0.1, 0.15) is 26.2 Å². The number of hydrogen-bond acceptors (Lipinski definition) is 7. The lowest BCUT2D eigenvalue weighted by Crippen LogP contribution is -2.31. The molecular weight excluding hydrogens is 316 g/mol. The molecule has 1 saturated heterocycles. The van der Waals surface area contributed by atoms with Crippen molar-refractivity contribution in [2.75, 3.05) is 6.61 Å². The number of aliphatic hydroxyl groups is 1. The molecule has 0 unspecified atom stereocenters. The van der Waals surface area contributed by atoms with Crippen molar-refractivity contribution in [1.29, 1.82) is 0 Å². The molecule has 1 aliphatic carbocycles. The molecule has 2 heterocycles. The lowest BCUT2D eigenvalue weighted by atomic mass is 9.83. The number of rotatable bonds is 2. The van der Waals surface area contributed by atoms with Gasteiger partial charge in [0.05, 0.1) is 11.5 Å². The van der Waals surface area contributed by atoms with Crippen LogP contribution in [-0.2, 0) is 28.6 Å². The Morgan fingerprint density at radius 3 is 2.75 bits per heavy atom. The summed E-state index contributed by atoms with van der Waals surface area (Å²) in [6, 6.07) is 0. The zero-order valence-corrected chi connectivity index (χ0v) is 13.4. The maximum Gasteiger partial charge on any atom is 0.338 e. The summed E-state index contributed by atoms with van der Waals surface area (Å²) >= 11 is 0. The fourth-order valence-electron chi connectivity index (χ4n) is 3.62. The van der Waals surface area contributed by atoms with E-state index in [0.29, 0.717) is 19.3 Å². The van der Waals surface area contributed by atoms with Gasteiger partial charge in [0, 0.05) is 19.1 Å². The van der Waals surface area contributed by atoms with Gasteiger partial charge in [0.1, 0.15) is 18.3 Å². The second-order valence-corrected chi connectivity index (χ2v) is 6.45. The predicted molar refractivity (Wildman–Crippen MR) is 80.5 cm³/mol. The lowest BCUT2D eigenvalue weighted by molar-refractivity contribution is -0.147. The molecule has 3 aliphatic rings. The van der Waals surface area contributed by atoms with Gasteiger partial charge >= 0.3 is 17.9 Å². The molecule has 5 atom stereocenters.